The number of carbonyl (C=O) groups excluding carboxylic acids is 3. The van der Waals surface area contributed by atoms with Crippen molar-refractivity contribution in [2.75, 3.05) is 13.2 Å². The van der Waals surface area contributed by atoms with E-state index in [4.69, 9.17) is 14.2 Å². The van der Waals surface area contributed by atoms with Crippen LogP contribution in [-0.2, 0) is 28.6 Å². The van der Waals surface area contributed by atoms with E-state index >= 15 is 0 Å². The predicted molar refractivity (Wildman–Crippen MR) is 343 cm³/mol. The van der Waals surface area contributed by atoms with Crippen LogP contribution in [-0.4, -0.2) is 37.2 Å². The normalized spacial score (nSPS) is 13.1. The minimum absolute atomic E-state index is 0.0919. The van der Waals surface area contributed by atoms with Crippen molar-refractivity contribution in [3.63, 3.8) is 0 Å². The maximum absolute atomic E-state index is 12.9. The number of unbranched alkanes of at least 4 members (excludes halogenated alkanes) is 22. The van der Waals surface area contributed by atoms with Crippen LogP contribution in [0.3, 0.4) is 0 Å². The molecule has 0 saturated carbocycles. The van der Waals surface area contributed by atoms with Crippen LogP contribution in [0.15, 0.2) is 146 Å². The van der Waals surface area contributed by atoms with E-state index in [0.29, 0.717) is 19.3 Å². The van der Waals surface area contributed by atoms with Crippen LogP contribution in [0, 0.1) is 0 Å². The zero-order chi connectivity index (χ0) is 57.1. The predicted octanol–water partition coefficient (Wildman–Crippen LogP) is 22.3. The second-order valence-corrected chi connectivity index (χ2v) is 20.9. The highest BCUT2D eigenvalue weighted by molar-refractivity contribution is 5.71. The summed E-state index contributed by atoms with van der Waals surface area (Å²) in [7, 11) is 0. The van der Waals surface area contributed by atoms with Gasteiger partial charge in [-0.25, -0.2) is 0 Å². The number of rotatable bonds is 57. The zero-order valence-electron chi connectivity index (χ0n) is 51.1. The summed E-state index contributed by atoms with van der Waals surface area (Å²) in [5.41, 5.74) is 0. The summed E-state index contributed by atoms with van der Waals surface area (Å²) < 4.78 is 16.9. The molecule has 0 aliphatic heterocycles. The molecule has 0 aromatic rings. The number of hydrogen-bond acceptors (Lipinski definition) is 6. The molecule has 0 aliphatic carbocycles. The Labute approximate surface area is 487 Å². The van der Waals surface area contributed by atoms with Crippen molar-refractivity contribution >= 4 is 17.9 Å². The molecule has 0 fully saturated rings. The minimum atomic E-state index is -0.798. The first-order chi connectivity index (χ1) is 39.0. The zero-order valence-corrected chi connectivity index (χ0v) is 51.1. The fourth-order valence-electron chi connectivity index (χ4n) is 8.57. The van der Waals surface area contributed by atoms with Gasteiger partial charge in [0.15, 0.2) is 6.10 Å². The van der Waals surface area contributed by atoms with Crippen LogP contribution in [0.25, 0.3) is 0 Å². The van der Waals surface area contributed by atoms with Crippen molar-refractivity contribution in [1.82, 2.24) is 0 Å². The van der Waals surface area contributed by atoms with Gasteiger partial charge in [-0.05, 0) is 122 Å². The molecule has 79 heavy (non-hydrogen) atoms. The van der Waals surface area contributed by atoms with Crippen LogP contribution in [0.1, 0.15) is 278 Å². The van der Waals surface area contributed by atoms with Crippen molar-refractivity contribution < 1.29 is 28.6 Å². The Bertz CT molecular complexity index is 1730. The largest absolute Gasteiger partial charge is 0.462 e. The maximum Gasteiger partial charge on any atom is 0.306 e. The molecule has 0 radical (unpaired) electrons. The van der Waals surface area contributed by atoms with Gasteiger partial charge in [-0.2, -0.15) is 0 Å². The third kappa shape index (κ3) is 64.0. The Hall–Kier alpha value is -4.71. The van der Waals surface area contributed by atoms with Gasteiger partial charge in [0.2, 0.25) is 0 Å². The lowest BCUT2D eigenvalue weighted by molar-refractivity contribution is -0.167. The Morgan fingerprint density at radius 2 is 0.494 bits per heavy atom. The summed E-state index contributed by atoms with van der Waals surface area (Å²) in [6.45, 7) is 6.38. The molecule has 1 atom stereocenters. The van der Waals surface area contributed by atoms with E-state index in [0.717, 1.165) is 167 Å². The molecule has 0 spiro atoms. The lowest BCUT2D eigenvalue weighted by atomic mass is 10.1. The second-order valence-electron chi connectivity index (χ2n) is 20.9. The van der Waals surface area contributed by atoms with Crippen LogP contribution < -0.4 is 0 Å². The highest BCUT2D eigenvalue weighted by Crippen LogP contribution is 2.15. The molecule has 446 valence electrons. The lowest BCUT2D eigenvalue weighted by Gasteiger charge is -2.18. The van der Waals surface area contributed by atoms with Gasteiger partial charge < -0.3 is 14.2 Å². The van der Waals surface area contributed by atoms with E-state index < -0.39 is 6.10 Å². The number of ether oxygens (including phenoxy) is 3. The van der Waals surface area contributed by atoms with E-state index in [9.17, 15) is 14.4 Å². The topological polar surface area (TPSA) is 78.9 Å². The summed E-state index contributed by atoms with van der Waals surface area (Å²) in [6, 6.07) is 0. The van der Waals surface area contributed by atoms with E-state index in [1.54, 1.807) is 0 Å². The molecule has 1 unspecified atom stereocenters. The molecule has 6 heteroatoms. The standard InChI is InChI=1S/C73H118O6/c1-4-7-10-13-16-19-22-24-26-28-30-32-34-35-36-37-39-40-42-44-46-48-51-54-57-60-63-66-72(75)78-69-70(68-77-71(74)65-62-59-56-53-50-21-18-15-12-9-6-3)79-73(76)67-64-61-58-55-52-49-47-45-43-41-38-33-31-29-27-25-23-20-17-14-11-8-5-2/h7-8,10-11,16-17,19-20,24-27,30-33,35-36,39-41,43-44,46,70H,4-6,9,12-15,18,21-23,28-29,34,37-38,42,45,47-69H2,1-3H3/b10-7-,11-8-,19-16-,20-17-,26-24-,27-25-,32-30-,33-31-,36-35-,40-39-,43-41-,46-44-. The first-order valence-electron chi connectivity index (χ1n) is 32.3. The summed E-state index contributed by atoms with van der Waals surface area (Å²) in [6.07, 6.45) is 94.2. The summed E-state index contributed by atoms with van der Waals surface area (Å²) in [5.74, 6) is -0.923. The average molecular weight is 1090 g/mol. The fourth-order valence-corrected chi connectivity index (χ4v) is 8.57. The molecule has 0 amide bonds. The van der Waals surface area contributed by atoms with Gasteiger partial charge >= 0.3 is 17.9 Å². The molecule has 0 bridgehead atoms. The fraction of sp³-hybridized carbons (Fsp3) is 0.630. The van der Waals surface area contributed by atoms with Gasteiger partial charge in [0.05, 0.1) is 0 Å². The number of esters is 3. The van der Waals surface area contributed by atoms with Crippen LogP contribution >= 0.6 is 0 Å². The molecule has 0 aliphatic rings. The first kappa shape index (κ1) is 74.3. The Morgan fingerprint density at radius 1 is 0.266 bits per heavy atom. The van der Waals surface area contributed by atoms with Crippen molar-refractivity contribution in [1.29, 1.82) is 0 Å². The smallest absolute Gasteiger partial charge is 0.306 e. The lowest BCUT2D eigenvalue weighted by Crippen LogP contribution is -2.30. The summed E-state index contributed by atoms with van der Waals surface area (Å²) >= 11 is 0. The van der Waals surface area contributed by atoms with E-state index in [-0.39, 0.29) is 31.1 Å². The van der Waals surface area contributed by atoms with Gasteiger partial charge in [0, 0.05) is 19.3 Å². The molecule has 0 aromatic carbocycles. The Morgan fingerprint density at radius 3 is 0.772 bits per heavy atom. The maximum atomic E-state index is 12.9. The van der Waals surface area contributed by atoms with Crippen LogP contribution in [0.2, 0.25) is 0 Å². The number of allylic oxidation sites excluding steroid dienone is 24. The number of carbonyl (C=O) groups is 3. The highest BCUT2D eigenvalue weighted by Gasteiger charge is 2.19. The van der Waals surface area contributed by atoms with Crippen molar-refractivity contribution in [3.8, 4) is 0 Å². The number of hydrogen-bond donors (Lipinski definition) is 0. The van der Waals surface area contributed by atoms with Crippen molar-refractivity contribution in [2.45, 2.75) is 284 Å². The van der Waals surface area contributed by atoms with Gasteiger partial charge in [0.25, 0.3) is 0 Å². The molecular formula is C73H118O6. The molecule has 0 N–H and O–H groups in total. The van der Waals surface area contributed by atoms with Gasteiger partial charge in [-0.3, -0.25) is 14.4 Å². The van der Waals surface area contributed by atoms with Gasteiger partial charge in [-0.1, -0.05) is 282 Å². The Kier molecular flexibility index (Phi) is 61.9. The molecule has 0 rings (SSSR count). The Balaban J connectivity index is 4.38. The highest BCUT2D eigenvalue weighted by atomic mass is 16.6. The van der Waals surface area contributed by atoms with Gasteiger partial charge in [-0.15, -0.1) is 0 Å². The third-order valence-electron chi connectivity index (χ3n) is 13.3. The first-order valence-corrected chi connectivity index (χ1v) is 32.3. The quantitative estimate of drug-likeness (QED) is 0.0261. The van der Waals surface area contributed by atoms with E-state index in [2.05, 4.69) is 167 Å². The molecule has 0 aromatic heterocycles. The second kappa shape index (κ2) is 65.8. The van der Waals surface area contributed by atoms with Crippen molar-refractivity contribution in [3.05, 3.63) is 146 Å². The van der Waals surface area contributed by atoms with Gasteiger partial charge in [0.1, 0.15) is 13.2 Å². The monoisotopic (exact) mass is 1090 g/mol. The molecular weight excluding hydrogens is 973 g/mol. The molecule has 0 saturated heterocycles. The van der Waals surface area contributed by atoms with Crippen LogP contribution in [0.4, 0.5) is 0 Å². The third-order valence-corrected chi connectivity index (χ3v) is 13.3. The molecule has 0 heterocycles. The SMILES string of the molecule is CC/C=C\C/C=C\C/C=C\C/C=C\C/C=C\C/C=C\C/C=C\CCCCCCCC(=O)OCC(COC(=O)CCCCCCCCCCCCC)OC(=O)CCCCCCCCC/C=C\C/C=C\C/C=C\C/C=C\C/C=C\CC. The van der Waals surface area contributed by atoms with E-state index in [1.165, 1.54) is 70.6 Å². The summed E-state index contributed by atoms with van der Waals surface area (Å²) in [5, 5.41) is 0. The van der Waals surface area contributed by atoms with E-state index in [1.807, 2.05) is 0 Å². The molecule has 6 nitrogen and oxygen atoms in total. The average Bonchev–Trinajstić information content (AvgIpc) is 3.45. The van der Waals surface area contributed by atoms with Crippen LogP contribution in [0.5, 0.6) is 0 Å². The summed E-state index contributed by atoms with van der Waals surface area (Å²) in [4.78, 5) is 38.3. The van der Waals surface area contributed by atoms with Crippen molar-refractivity contribution in [2.24, 2.45) is 0 Å². The minimum Gasteiger partial charge on any atom is -0.462 e.